The molecule has 0 saturated heterocycles. The van der Waals surface area contributed by atoms with Crippen molar-refractivity contribution in [2.24, 2.45) is 0 Å². The van der Waals surface area contributed by atoms with E-state index in [1.807, 2.05) is 31.2 Å². The lowest BCUT2D eigenvalue weighted by Gasteiger charge is -2.19. The summed E-state index contributed by atoms with van der Waals surface area (Å²) in [4.78, 5) is 21.9. The molecule has 0 heterocycles. The lowest BCUT2D eigenvalue weighted by Crippen LogP contribution is -2.28. The van der Waals surface area contributed by atoms with Gasteiger partial charge >= 0.3 is 5.97 Å². The fourth-order valence-corrected chi connectivity index (χ4v) is 1.85. The van der Waals surface area contributed by atoms with Crippen molar-refractivity contribution in [2.75, 3.05) is 0 Å². The van der Waals surface area contributed by atoms with E-state index in [2.05, 4.69) is 5.32 Å². The van der Waals surface area contributed by atoms with E-state index < -0.39 is 12.0 Å². The minimum Gasteiger partial charge on any atom is -0.481 e. The number of carboxylic acids is 1. The van der Waals surface area contributed by atoms with Crippen LogP contribution in [0.25, 0.3) is 0 Å². The summed E-state index contributed by atoms with van der Waals surface area (Å²) in [6.45, 7) is 3.40. The second-order valence-corrected chi connectivity index (χ2v) is 3.90. The zero-order valence-corrected chi connectivity index (χ0v) is 10.1. The Morgan fingerprint density at radius 3 is 2.53 bits per heavy atom. The van der Waals surface area contributed by atoms with E-state index in [1.165, 1.54) is 6.92 Å². The quantitative estimate of drug-likeness (QED) is 0.819. The first kappa shape index (κ1) is 13.2. The van der Waals surface area contributed by atoms with Crippen LogP contribution in [0.15, 0.2) is 24.3 Å². The van der Waals surface area contributed by atoms with Crippen LogP contribution in [0.3, 0.4) is 0 Å². The van der Waals surface area contributed by atoms with Crippen molar-refractivity contribution in [2.45, 2.75) is 32.7 Å². The molecule has 1 rings (SSSR count). The average Bonchev–Trinajstić information content (AvgIpc) is 2.27. The Morgan fingerprint density at radius 1 is 1.35 bits per heavy atom. The van der Waals surface area contributed by atoms with Crippen LogP contribution in [0.1, 0.15) is 37.4 Å². The van der Waals surface area contributed by atoms with Crippen LogP contribution in [0.2, 0.25) is 0 Å². The summed E-state index contributed by atoms with van der Waals surface area (Å²) in [7, 11) is 0. The van der Waals surface area contributed by atoms with E-state index >= 15 is 0 Å². The molecule has 1 aromatic carbocycles. The van der Waals surface area contributed by atoms with E-state index in [1.54, 1.807) is 0 Å². The van der Waals surface area contributed by atoms with Gasteiger partial charge in [0.1, 0.15) is 0 Å². The van der Waals surface area contributed by atoms with Crippen LogP contribution < -0.4 is 5.32 Å². The van der Waals surface area contributed by atoms with E-state index in [9.17, 15) is 9.59 Å². The predicted octanol–water partition coefficient (Wildman–Crippen LogP) is 1.90. The average molecular weight is 235 g/mol. The SMILES string of the molecule is CCc1ccccc1[C@@H](CC(=O)O)NC(C)=O. The van der Waals surface area contributed by atoms with Crippen molar-refractivity contribution in [1.82, 2.24) is 5.32 Å². The van der Waals surface area contributed by atoms with Crippen LogP contribution >= 0.6 is 0 Å². The molecule has 0 fully saturated rings. The number of aliphatic carboxylic acids is 1. The van der Waals surface area contributed by atoms with Crippen molar-refractivity contribution < 1.29 is 14.7 Å². The maximum absolute atomic E-state index is 11.1. The Morgan fingerprint density at radius 2 is 2.00 bits per heavy atom. The van der Waals surface area contributed by atoms with Gasteiger partial charge in [0.15, 0.2) is 0 Å². The summed E-state index contributed by atoms with van der Waals surface area (Å²) in [5.74, 6) is -1.14. The molecule has 0 aliphatic rings. The number of rotatable bonds is 5. The van der Waals surface area contributed by atoms with E-state index in [0.717, 1.165) is 17.5 Å². The summed E-state index contributed by atoms with van der Waals surface area (Å²) >= 11 is 0. The normalized spacial score (nSPS) is 11.9. The summed E-state index contributed by atoms with van der Waals surface area (Å²) in [5, 5.41) is 11.6. The molecule has 4 nitrogen and oxygen atoms in total. The highest BCUT2D eigenvalue weighted by atomic mass is 16.4. The number of benzene rings is 1. The second-order valence-electron chi connectivity index (χ2n) is 3.90. The molecule has 0 unspecified atom stereocenters. The Hall–Kier alpha value is -1.84. The van der Waals surface area contributed by atoms with Crippen molar-refractivity contribution in [3.05, 3.63) is 35.4 Å². The molecule has 2 N–H and O–H groups in total. The summed E-state index contributed by atoms with van der Waals surface area (Å²) in [5.41, 5.74) is 1.94. The maximum atomic E-state index is 11.1. The maximum Gasteiger partial charge on any atom is 0.305 e. The molecular weight excluding hydrogens is 218 g/mol. The fourth-order valence-electron chi connectivity index (χ4n) is 1.85. The number of carbonyl (C=O) groups excluding carboxylic acids is 1. The number of hydrogen-bond donors (Lipinski definition) is 2. The van der Waals surface area contributed by atoms with Gasteiger partial charge in [0, 0.05) is 6.92 Å². The van der Waals surface area contributed by atoms with Gasteiger partial charge in [0.25, 0.3) is 0 Å². The molecule has 1 atom stereocenters. The first-order valence-electron chi connectivity index (χ1n) is 5.61. The number of carboxylic acid groups (broad SMARTS) is 1. The van der Waals surface area contributed by atoms with Gasteiger partial charge in [-0.2, -0.15) is 0 Å². The minimum atomic E-state index is -0.922. The smallest absolute Gasteiger partial charge is 0.305 e. The zero-order valence-electron chi connectivity index (χ0n) is 10.1. The first-order valence-corrected chi connectivity index (χ1v) is 5.61. The van der Waals surface area contributed by atoms with Gasteiger partial charge in [-0.1, -0.05) is 31.2 Å². The van der Waals surface area contributed by atoms with Gasteiger partial charge in [0.2, 0.25) is 5.91 Å². The molecule has 0 spiro atoms. The van der Waals surface area contributed by atoms with Gasteiger partial charge in [-0.3, -0.25) is 9.59 Å². The summed E-state index contributed by atoms with van der Waals surface area (Å²) in [6, 6.07) is 7.12. The zero-order chi connectivity index (χ0) is 12.8. The molecule has 92 valence electrons. The Labute approximate surface area is 101 Å². The monoisotopic (exact) mass is 235 g/mol. The first-order chi connectivity index (χ1) is 8.04. The van der Waals surface area contributed by atoms with Gasteiger partial charge < -0.3 is 10.4 Å². The van der Waals surface area contributed by atoms with E-state index in [0.29, 0.717) is 0 Å². The van der Waals surface area contributed by atoms with Crippen LogP contribution in [0.4, 0.5) is 0 Å². The number of carbonyl (C=O) groups is 2. The van der Waals surface area contributed by atoms with Gasteiger partial charge in [-0.25, -0.2) is 0 Å². The van der Waals surface area contributed by atoms with Crippen LogP contribution in [0, 0.1) is 0 Å². The Kier molecular flexibility index (Phi) is 4.69. The number of amides is 1. The van der Waals surface area contributed by atoms with Crippen molar-refractivity contribution in [3.63, 3.8) is 0 Å². The Balaban J connectivity index is 3.02. The highest BCUT2D eigenvalue weighted by molar-refractivity contribution is 5.75. The number of hydrogen-bond acceptors (Lipinski definition) is 2. The minimum absolute atomic E-state index is 0.101. The van der Waals surface area contributed by atoms with Crippen LogP contribution in [-0.4, -0.2) is 17.0 Å². The van der Waals surface area contributed by atoms with Crippen molar-refractivity contribution in [3.8, 4) is 0 Å². The molecular formula is C13H17NO3. The third kappa shape index (κ3) is 3.90. The molecule has 1 aromatic rings. The lowest BCUT2D eigenvalue weighted by atomic mass is 9.96. The predicted molar refractivity (Wildman–Crippen MR) is 64.6 cm³/mol. The molecule has 0 saturated carbocycles. The van der Waals surface area contributed by atoms with E-state index in [-0.39, 0.29) is 12.3 Å². The van der Waals surface area contributed by atoms with Crippen LogP contribution in [-0.2, 0) is 16.0 Å². The summed E-state index contributed by atoms with van der Waals surface area (Å²) in [6.07, 6.45) is 0.711. The summed E-state index contributed by atoms with van der Waals surface area (Å²) < 4.78 is 0. The van der Waals surface area contributed by atoms with Crippen molar-refractivity contribution in [1.29, 1.82) is 0 Å². The van der Waals surface area contributed by atoms with Gasteiger partial charge in [-0.15, -0.1) is 0 Å². The van der Waals surface area contributed by atoms with Gasteiger partial charge in [-0.05, 0) is 17.5 Å². The third-order valence-electron chi connectivity index (χ3n) is 2.57. The molecule has 4 heteroatoms. The largest absolute Gasteiger partial charge is 0.481 e. The van der Waals surface area contributed by atoms with Crippen molar-refractivity contribution >= 4 is 11.9 Å². The molecule has 1 amide bonds. The van der Waals surface area contributed by atoms with E-state index in [4.69, 9.17) is 5.11 Å². The topological polar surface area (TPSA) is 66.4 Å². The van der Waals surface area contributed by atoms with Gasteiger partial charge in [0.05, 0.1) is 12.5 Å². The fraction of sp³-hybridized carbons (Fsp3) is 0.385. The van der Waals surface area contributed by atoms with Crippen LogP contribution in [0.5, 0.6) is 0 Å². The highest BCUT2D eigenvalue weighted by Gasteiger charge is 2.18. The molecule has 0 aromatic heterocycles. The molecule has 0 bridgehead atoms. The third-order valence-corrected chi connectivity index (χ3v) is 2.57. The lowest BCUT2D eigenvalue weighted by molar-refractivity contribution is -0.137. The standard InChI is InChI=1S/C13H17NO3/c1-3-10-6-4-5-7-11(10)12(8-13(16)17)14-9(2)15/h4-7,12H,3,8H2,1-2H3,(H,14,15)(H,16,17)/t12-/m1/s1. The highest BCUT2D eigenvalue weighted by Crippen LogP contribution is 2.21. The molecule has 0 aliphatic heterocycles. The second kappa shape index (κ2) is 6.03. The Bertz CT molecular complexity index is 399. The molecule has 0 aliphatic carbocycles. The number of nitrogens with one attached hydrogen (secondary N) is 1. The number of aryl methyl sites for hydroxylation is 1. The molecule has 0 radical (unpaired) electrons. The molecule has 17 heavy (non-hydrogen) atoms.